The van der Waals surface area contributed by atoms with Crippen LogP contribution in [0, 0.1) is 0 Å². The number of amides is 1. The van der Waals surface area contributed by atoms with Crippen molar-refractivity contribution in [2.75, 3.05) is 0 Å². The van der Waals surface area contributed by atoms with Gasteiger partial charge in [-0.05, 0) is 44.9 Å². The third-order valence-corrected chi connectivity index (χ3v) is 4.32. The fraction of sp³-hybridized carbons (Fsp3) is 0.294. The molecule has 1 heterocycles. The molecule has 0 atom stereocenters. The number of benzene rings is 1. The van der Waals surface area contributed by atoms with Crippen LogP contribution in [0.3, 0.4) is 0 Å². The maximum absolute atomic E-state index is 12.5. The maximum atomic E-state index is 12.5. The van der Waals surface area contributed by atoms with E-state index in [1.807, 2.05) is 64.1 Å². The lowest BCUT2D eigenvalue weighted by molar-refractivity contribution is -0.125. The summed E-state index contributed by atoms with van der Waals surface area (Å²) < 4.78 is 0.631. The highest BCUT2D eigenvalue weighted by Crippen LogP contribution is 2.36. The summed E-state index contributed by atoms with van der Waals surface area (Å²) >= 11 is 6.71. The van der Waals surface area contributed by atoms with Crippen LogP contribution in [0.25, 0.3) is 6.08 Å². The van der Waals surface area contributed by atoms with Crippen LogP contribution in [-0.2, 0) is 4.79 Å². The first kappa shape index (κ1) is 16.0. The Hall–Kier alpha value is -1.39. The zero-order valence-corrected chi connectivity index (χ0v) is 14.3. The van der Waals surface area contributed by atoms with E-state index < -0.39 is 0 Å². The first-order chi connectivity index (χ1) is 9.79. The van der Waals surface area contributed by atoms with Crippen molar-refractivity contribution in [2.24, 2.45) is 0 Å². The molecule has 4 heteroatoms. The fourth-order valence-corrected chi connectivity index (χ4v) is 3.79. The van der Waals surface area contributed by atoms with Crippen LogP contribution in [0.15, 0.2) is 46.9 Å². The van der Waals surface area contributed by atoms with Gasteiger partial charge < -0.3 is 0 Å². The molecule has 0 spiro atoms. The Morgan fingerprint density at radius 3 is 2.38 bits per heavy atom. The smallest absolute Gasteiger partial charge is 0.266 e. The van der Waals surface area contributed by atoms with Crippen LogP contribution in [0.5, 0.6) is 0 Å². The predicted molar refractivity (Wildman–Crippen MR) is 95.0 cm³/mol. The quantitative estimate of drug-likeness (QED) is 0.586. The Bertz CT molecular complexity index is 624. The number of carbonyl (C=O) groups is 1. The molecule has 0 saturated carbocycles. The molecule has 0 N–H and O–H groups in total. The van der Waals surface area contributed by atoms with E-state index in [2.05, 4.69) is 6.08 Å². The number of thioether (sulfide) groups is 1. The van der Waals surface area contributed by atoms with Gasteiger partial charge in [0.1, 0.15) is 4.32 Å². The van der Waals surface area contributed by atoms with Crippen molar-refractivity contribution in [3.8, 4) is 0 Å². The molecule has 1 aliphatic heterocycles. The number of carbonyl (C=O) groups excluding carboxylic acids is 1. The Morgan fingerprint density at radius 1 is 1.24 bits per heavy atom. The second kappa shape index (κ2) is 6.16. The topological polar surface area (TPSA) is 20.3 Å². The van der Waals surface area contributed by atoms with Crippen molar-refractivity contribution in [1.82, 2.24) is 4.90 Å². The summed E-state index contributed by atoms with van der Waals surface area (Å²) in [5.74, 6) is -0.00156. The van der Waals surface area contributed by atoms with Gasteiger partial charge in [-0.1, -0.05) is 60.4 Å². The van der Waals surface area contributed by atoms with E-state index in [1.165, 1.54) is 11.8 Å². The Kier molecular flexibility index (Phi) is 4.69. The van der Waals surface area contributed by atoms with Crippen LogP contribution in [0.4, 0.5) is 0 Å². The van der Waals surface area contributed by atoms with Crippen LogP contribution in [0.2, 0.25) is 0 Å². The largest absolute Gasteiger partial charge is 0.288 e. The van der Waals surface area contributed by atoms with E-state index in [0.29, 0.717) is 9.23 Å². The molecular weight excluding hydrogens is 298 g/mol. The number of hydrogen-bond acceptors (Lipinski definition) is 3. The molecule has 1 aromatic rings. The summed E-state index contributed by atoms with van der Waals surface area (Å²) in [7, 11) is 0. The summed E-state index contributed by atoms with van der Waals surface area (Å²) in [6, 6.07) is 10.1. The molecule has 110 valence electrons. The molecule has 0 bridgehead atoms. The van der Waals surface area contributed by atoms with Crippen molar-refractivity contribution in [3.05, 3.63) is 52.4 Å². The highest BCUT2D eigenvalue weighted by Gasteiger charge is 2.38. The van der Waals surface area contributed by atoms with Gasteiger partial charge in [0.05, 0.1) is 4.91 Å². The van der Waals surface area contributed by atoms with E-state index in [1.54, 1.807) is 4.90 Å². The third-order valence-electron chi connectivity index (χ3n) is 3.02. The van der Waals surface area contributed by atoms with Crippen LogP contribution in [-0.4, -0.2) is 20.7 Å². The second-order valence-corrected chi connectivity index (χ2v) is 7.66. The SMILES string of the molecule is CC(=Cc1ccccc1)C=C1SC(=S)N(C(C)(C)C)C1=O. The van der Waals surface area contributed by atoms with Gasteiger partial charge in [0.2, 0.25) is 0 Å². The molecule has 0 unspecified atom stereocenters. The van der Waals surface area contributed by atoms with Gasteiger partial charge in [-0.3, -0.25) is 9.69 Å². The summed E-state index contributed by atoms with van der Waals surface area (Å²) in [6.45, 7) is 7.98. The minimum Gasteiger partial charge on any atom is -0.288 e. The number of nitrogens with zero attached hydrogens (tertiary/aromatic N) is 1. The highest BCUT2D eigenvalue weighted by molar-refractivity contribution is 8.26. The molecule has 1 aromatic carbocycles. The van der Waals surface area contributed by atoms with E-state index >= 15 is 0 Å². The minimum atomic E-state index is -0.284. The Morgan fingerprint density at radius 2 is 1.86 bits per heavy atom. The van der Waals surface area contributed by atoms with E-state index in [0.717, 1.165) is 11.1 Å². The number of hydrogen-bond donors (Lipinski definition) is 0. The van der Waals surface area contributed by atoms with Gasteiger partial charge >= 0.3 is 0 Å². The average molecular weight is 317 g/mol. The molecule has 1 aliphatic rings. The van der Waals surface area contributed by atoms with Crippen molar-refractivity contribution >= 4 is 40.3 Å². The molecule has 1 saturated heterocycles. The van der Waals surface area contributed by atoms with Crippen molar-refractivity contribution in [2.45, 2.75) is 33.2 Å². The zero-order valence-electron chi connectivity index (χ0n) is 12.7. The normalized spacial score (nSPS) is 18.8. The summed E-state index contributed by atoms with van der Waals surface area (Å²) in [4.78, 5) is 14.9. The third kappa shape index (κ3) is 3.83. The predicted octanol–water partition coefficient (Wildman–Crippen LogP) is 4.63. The van der Waals surface area contributed by atoms with Gasteiger partial charge in [0.15, 0.2) is 0 Å². The summed E-state index contributed by atoms with van der Waals surface area (Å²) in [5, 5.41) is 0. The molecular formula is C17H19NOS2. The molecule has 0 aromatic heterocycles. The van der Waals surface area contributed by atoms with E-state index in [9.17, 15) is 4.79 Å². The van der Waals surface area contributed by atoms with Gasteiger partial charge in [0, 0.05) is 5.54 Å². The maximum Gasteiger partial charge on any atom is 0.266 e. The van der Waals surface area contributed by atoms with Gasteiger partial charge in [-0.25, -0.2) is 0 Å². The standard InChI is InChI=1S/C17H19NOS2/c1-12(10-13-8-6-5-7-9-13)11-14-15(19)18(16(20)21-14)17(2,3)4/h5-11H,1-4H3. The van der Waals surface area contributed by atoms with Crippen LogP contribution in [0.1, 0.15) is 33.3 Å². The second-order valence-electron chi connectivity index (χ2n) is 5.99. The monoisotopic (exact) mass is 317 g/mol. The lowest BCUT2D eigenvalue weighted by Gasteiger charge is -2.30. The average Bonchev–Trinajstić information content (AvgIpc) is 2.64. The minimum absolute atomic E-state index is 0.00156. The number of allylic oxidation sites excluding steroid dienone is 2. The zero-order chi connectivity index (χ0) is 15.6. The Labute approximate surface area is 135 Å². The number of rotatable bonds is 2. The first-order valence-electron chi connectivity index (χ1n) is 6.80. The molecule has 1 fully saturated rings. The molecule has 21 heavy (non-hydrogen) atoms. The molecule has 2 rings (SSSR count). The molecule has 1 amide bonds. The summed E-state index contributed by atoms with van der Waals surface area (Å²) in [5.41, 5.74) is 1.88. The van der Waals surface area contributed by atoms with E-state index in [4.69, 9.17) is 12.2 Å². The van der Waals surface area contributed by atoms with Gasteiger partial charge in [0.25, 0.3) is 5.91 Å². The van der Waals surface area contributed by atoms with Crippen molar-refractivity contribution in [1.29, 1.82) is 0 Å². The molecule has 0 aliphatic carbocycles. The fourth-order valence-electron chi connectivity index (χ4n) is 2.11. The molecule has 2 nitrogen and oxygen atoms in total. The number of thiocarbonyl (C=S) groups is 1. The highest BCUT2D eigenvalue weighted by atomic mass is 32.2. The van der Waals surface area contributed by atoms with Gasteiger partial charge in [-0.2, -0.15) is 0 Å². The van der Waals surface area contributed by atoms with E-state index in [-0.39, 0.29) is 11.4 Å². The van der Waals surface area contributed by atoms with Crippen LogP contribution < -0.4 is 0 Å². The lowest BCUT2D eigenvalue weighted by Crippen LogP contribution is -2.44. The van der Waals surface area contributed by atoms with Gasteiger partial charge in [-0.15, -0.1) is 0 Å². The Balaban J connectivity index is 2.25. The molecule has 0 radical (unpaired) electrons. The van der Waals surface area contributed by atoms with Crippen molar-refractivity contribution in [3.63, 3.8) is 0 Å². The van der Waals surface area contributed by atoms with Crippen molar-refractivity contribution < 1.29 is 4.79 Å². The lowest BCUT2D eigenvalue weighted by atomic mass is 10.1. The van der Waals surface area contributed by atoms with Crippen LogP contribution >= 0.6 is 24.0 Å². The first-order valence-corrected chi connectivity index (χ1v) is 8.03. The summed E-state index contributed by atoms with van der Waals surface area (Å²) in [6.07, 6.45) is 3.97.